The summed E-state index contributed by atoms with van der Waals surface area (Å²) in [6.45, 7) is 0.566. The van der Waals surface area contributed by atoms with E-state index in [2.05, 4.69) is 0 Å². The summed E-state index contributed by atoms with van der Waals surface area (Å²) in [7, 11) is 0. The van der Waals surface area contributed by atoms with Crippen molar-refractivity contribution < 1.29 is 19.1 Å². The number of phenols is 1. The van der Waals surface area contributed by atoms with Crippen LogP contribution >= 0.6 is 0 Å². The van der Waals surface area contributed by atoms with Gasteiger partial charge in [-0.05, 0) is 23.4 Å². The van der Waals surface area contributed by atoms with Crippen LogP contribution in [0.1, 0.15) is 29.0 Å². The van der Waals surface area contributed by atoms with Gasteiger partial charge in [0.15, 0.2) is 5.43 Å². The molecular formula is C29H19NO6. The van der Waals surface area contributed by atoms with Gasteiger partial charge >= 0.3 is 5.97 Å². The number of aromatic hydroxyl groups is 1. The molecule has 0 aliphatic carbocycles. The zero-order valence-corrected chi connectivity index (χ0v) is 19.0. The summed E-state index contributed by atoms with van der Waals surface area (Å²) in [6.07, 6.45) is 0.679. The number of para-hydroxylation sites is 1. The molecule has 0 bridgehead atoms. The van der Waals surface area contributed by atoms with Crippen LogP contribution in [0.3, 0.4) is 0 Å². The van der Waals surface area contributed by atoms with Gasteiger partial charge in [0.2, 0.25) is 0 Å². The molecule has 0 saturated carbocycles. The first-order valence-electron chi connectivity index (χ1n) is 11.7. The van der Waals surface area contributed by atoms with Crippen LogP contribution in [0, 0.1) is 0 Å². The van der Waals surface area contributed by atoms with E-state index >= 15 is 0 Å². The van der Waals surface area contributed by atoms with E-state index in [0.29, 0.717) is 29.0 Å². The van der Waals surface area contributed by atoms with Gasteiger partial charge in [0.1, 0.15) is 28.2 Å². The van der Waals surface area contributed by atoms with Crippen molar-refractivity contribution in [3.8, 4) is 22.8 Å². The SMILES string of the molecule is O=C1CC(c2cc3cccc4c3n(c2=O)CC4)c2c(cc(O)c3c(=O)cc(-c4ccccc4)oc23)O1. The predicted molar refractivity (Wildman–Crippen MR) is 134 cm³/mol. The topological polar surface area (TPSA) is 98.7 Å². The third-order valence-corrected chi connectivity index (χ3v) is 7.19. The molecule has 1 atom stereocenters. The Labute approximate surface area is 203 Å². The second-order valence-corrected chi connectivity index (χ2v) is 9.24. The van der Waals surface area contributed by atoms with Crippen LogP contribution in [0.2, 0.25) is 0 Å². The van der Waals surface area contributed by atoms with Crippen molar-refractivity contribution in [2.75, 3.05) is 0 Å². The molecule has 0 saturated heterocycles. The summed E-state index contributed by atoms with van der Waals surface area (Å²) < 4.78 is 13.5. The van der Waals surface area contributed by atoms with Crippen LogP contribution in [0.25, 0.3) is 33.2 Å². The van der Waals surface area contributed by atoms with Crippen molar-refractivity contribution >= 4 is 27.8 Å². The lowest BCUT2D eigenvalue weighted by Gasteiger charge is -2.26. The number of carbonyl (C=O) groups is 1. The molecule has 176 valence electrons. The molecular weight excluding hydrogens is 458 g/mol. The fraction of sp³-hybridized carbons (Fsp3) is 0.138. The largest absolute Gasteiger partial charge is 0.507 e. The van der Waals surface area contributed by atoms with Crippen LogP contribution in [0.15, 0.2) is 80.7 Å². The molecule has 2 aliphatic rings. The average Bonchev–Trinajstić information content (AvgIpc) is 3.31. The van der Waals surface area contributed by atoms with Gasteiger partial charge in [-0.3, -0.25) is 14.4 Å². The molecule has 7 heteroatoms. The summed E-state index contributed by atoms with van der Waals surface area (Å²) in [5, 5.41) is 11.6. The van der Waals surface area contributed by atoms with Gasteiger partial charge in [0.05, 0.1) is 11.9 Å². The van der Waals surface area contributed by atoms with E-state index in [4.69, 9.17) is 9.15 Å². The number of rotatable bonds is 2. The van der Waals surface area contributed by atoms with Crippen LogP contribution in [0.4, 0.5) is 0 Å². The lowest BCUT2D eigenvalue weighted by Crippen LogP contribution is -2.29. The van der Waals surface area contributed by atoms with Gasteiger partial charge in [0, 0.05) is 41.3 Å². The minimum atomic E-state index is -0.705. The van der Waals surface area contributed by atoms with E-state index in [9.17, 15) is 19.5 Å². The van der Waals surface area contributed by atoms with Crippen molar-refractivity contribution in [3.05, 3.63) is 104 Å². The summed E-state index contributed by atoms with van der Waals surface area (Å²) >= 11 is 0. The summed E-state index contributed by atoms with van der Waals surface area (Å²) in [5.74, 6) is -1.17. The molecule has 2 aliphatic heterocycles. The van der Waals surface area contributed by atoms with Gasteiger partial charge in [-0.1, -0.05) is 48.5 Å². The summed E-state index contributed by atoms with van der Waals surface area (Å²) in [4.78, 5) is 39.5. The number of benzene rings is 3. The second-order valence-electron chi connectivity index (χ2n) is 9.24. The number of ether oxygens (including phenoxy) is 1. The van der Waals surface area contributed by atoms with Gasteiger partial charge in [-0.25, -0.2) is 0 Å². The fourth-order valence-electron chi connectivity index (χ4n) is 5.61. The number of hydrogen-bond donors (Lipinski definition) is 1. The molecule has 0 amide bonds. The highest BCUT2D eigenvalue weighted by atomic mass is 16.5. The Bertz CT molecular complexity index is 1870. The standard InChI is InChI=1S/C29H19NO6/c31-20-13-22(15-5-2-1-3-6-15)36-28-25-18(12-24(33)35-23(25)14-21(32)26(20)28)19-11-17-8-4-7-16-9-10-30(27(16)17)29(19)34/h1-8,11,13-14,18,32H,9-10,12H2. The molecule has 0 spiro atoms. The molecule has 7 rings (SSSR count). The van der Waals surface area contributed by atoms with E-state index in [1.165, 1.54) is 12.1 Å². The Balaban J connectivity index is 1.55. The number of fused-ring (bicyclic) bond motifs is 3. The van der Waals surface area contributed by atoms with Crippen molar-refractivity contribution in [3.63, 3.8) is 0 Å². The monoisotopic (exact) mass is 477 g/mol. The highest BCUT2D eigenvalue weighted by Gasteiger charge is 2.36. The number of nitrogens with zero attached hydrogens (tertiary/aromatic N) is 1. The maximum absolute atomic E-state index is 13.7. The van der Waals surface area contributed by atoms with Crippen LogP contribution in [-0.2, 0) is 17.8 Å². The van der Waals surface area contributed by atoms with E-state index < -0.39 is 17.3 Å². The molecule has 5 aromatic rings. The molecule has 2 aromatic heterocycles. The smallest absolute Gasteiger partial charge is 0.312 e. The zero-order valence-electron chi connectivity index (χ0n) is 19.0. The van der Waals surface area contributed by atoms with Crippen molar-refractivity contribution in [2.24, 2.45) is 0 Å². The number of phenolic OH excluding ortho intramolecular Hbond substituents is 1. The van der Waals surface area contributed by atoms with Crippen LogP contribution in [0.5, 0.6) is 11.5 Å². The van der Waals surface area contributed by atoms with Crippen molar-refractivity contribution in [1.29, 1.82) is 0 Å². The first-order chi connectivity index (χ1) is 17.5. The van der Waals surface area contributed by atoms with Crippen molar-refractivity contribution in [2.45, 2.75) is 25.3 Å². The Hall–Kier alpha value is -4.65. The molecule has 1 N–H and O–H groups in total. The Morgan fingerprint density at radius 3 is 2.61 bits per heavy atom. The van der Waals surface area contributed by atoms with Crippen LogP contribution < -0.4 is 15.7 Å². The van der Waals surface area contributed by atoms with E-state index in [1.807, 2.05) is 54.6 Å². The van der Waals surface area contributed by atoms with E-state index in [0.717, 1.165) is 22.9 Å². The van der Waals surface area contributed by atoms with Crippen LogP contribution in [-0.4, -0.2) is 15.6 Å². The third-order valence-electron chi connectivity index (χ3n) is 7.19. The van der Waals surface area contributed by atoms with Gasteiger partial charge in [0.25, 0.3) is 5.56 Å². The molecule has 0 radical (unpaired) electrons. The predicted octanol–water partition coefficient (Wildman–Crippen LogP) is 4.48. The number of pyridine rings is 1. The lowest BCUT2D eigenvalue weighted by atomic mass is 9.85. The normalized spacial score (nSPS) is 16.3. The minimum absolute atomic E-state index is 0.0101. The number of aromatic nitrogens is 1. The quantitative estimate of drug-likeness (QED) is 0.297. The molecule has 36 heavy (non-hydrogen) atoms. The molecule has 1 unspecified atom stereocenters. The maximum Gasteiger partial charge on any atom is 0.312 e. The van der Waals surface area contributed by atoms with E-state index in [-0.39, 0.29) is 34.4 Å². The van der Waals surface area contributed by atoms with Gasteiger partial charge in [-0.2, -0.15) is 0 Å². The number of esters is 1. The molecule has 4 heterocycles. The third kappa shape index (κ3) is 2.89. The summed E-state index contributed by atoms with van der Waals surface area (Å²) in [5.41, 5.74) is 3.07. The number of aryl methyl sites for hydroxylation is 2. The number of hydrogen-bond acceptors (Lipinski definition) is 6. The summed E-state index contributed by atoms with van der Waals surface area (Å²) in [6, 6.07) is 19.5. The Morgan fingerprint density at radius 2 is 1.78 bits per heavy atom. The van der Waals surface area contributed by atoms with E-state index in [1.54, 1.807) is 4.57 Å². The Kier molecular flexibility index (Phi) is 4.27. The van der Waals surface area contributed by atoms with Gasteiger partial charge in [-0.15, -0.1) is 0 Å². The van der Waals surface area contributed by atoms with Gasteiger partial charge < -0.3 is 18.8 Å². The second kappa shape index (κ2) is 7.42. The first kappa shape index (κ1) is 20.7. The average molecular weight is 477 g/mol. The first-order valence-corrected chi connectivity index (χ1v) is 11.7. The minimum Gasteiger partial charge on any atom is -0.507 e. The molecule has 3 aromatic carbocycles. The molecule has 0 fully saturated rings. The maximum atomic E-state index is 13.7. The molecule has 7 nitrogen and oxygen atoms in total. The highest BCUT2D eigenvalue weighted by molar-refractivity contribution is 5.93. The Morgan fingerprint density at radius 1 is 0.944 bits per heavy atom. The van der Waals surface area contributed by atoms with Crippen molar-refractivity contribution in [1.82, 2.24) is 4.57 Å². The fourth-order valence-corrected chi connectivity index (χ4v) is 5.61. The lowest BCUT2D eigenvalue weighted by molar-refractivity contribution is -0.135. The number of carbonyl (C=O) groups excluding carboxylic acids is 1. The highest BCUT2D eigenvalue weighted by Crippen LogP contribution is 2.45. The zero-order chi connectivity index (χ0) is 24.6.